The Bertz CT molecular complexity index is 520. The molecule has 1 aromatic rings. The summed E-state index contributed by atoms with van der Waals surface area (Å²) in [5.74, 6) is 0. The molecule has 0 amide bonds. The number of nitrogens with one attached hydrogen (secondary N) is 1. The quantitative estimate of drug-likeness (QED) is 0.774. The Balaban J connectivity index is 2.77. The van der Waals surface area contributed by atoms with Gasteiger partial charge in [-0.3, -0.25) is 0 Å². The molecule has 0 aromatic heterocycles. The average Bonchev–Trinajstić information content (AvgIpc) is 2.37. The standard InChI is InChI=1S/C12H19BrN2O3S/c1-3-15(2)7-6-14-19(17,18)12-5-4-10(9-16)8-11(12)13/h4-5,8,14,16H,3,6-7,9H2,1-2H3. The van der Waals surface area contributed by atoms with Gasteiger partial charge in [0, 0.05) is 17.6 Å². The lowest BCUT2D eigenvalue weighted by molar-refractivity contribution is 0.281. The fourth-order valence-corrected chi connectivity index (χ4v) is 3.61. The first-order valence-corrected chi connectivity index (χ1v) is 8.25. The number of hydrogen-bond acceptors (Lipinski definition) is 4. The van der Waals surface area contributed by atoms with E-state index in [1.165, 1.54) is 6.07 Å². The first-order valence-electron chi connectivity index (χ1n) is 5.98. The van der Waals surface area contributed by atoms with Crippen molar-refractivity contribution in [2.75, 3.05) is 26.7 Å². The molecule has 19 heavy (non-hydrogen) atoms. The SMILES string of the molecule is CCN(C)CCNS(=O)(=O)c1ccc(CO)cc1Br. The summed E-state index contributed by atoms with van der Waals surface area (Å²) in [6, 6.07) is 4.69. The molecule has 0 heterocycles. The second-order valence-corrected chi connectivity index (χ2v) is 6.81. The average molecular weight is 351 g/mol. The lowest BCUT2D eigenvalue weighted by Gasteiger charge is -2.14. The molecule has 0 radical (unpaired) electrons. The molecule has 0 fully saturated rings. The van der Waals surface area contributed by atoms with Crippen LogP contribution in [0.25, 0.3) is 0 Å². The van der Waals surface area contributed by atoms with Crippen LogP contribution < -0.4 is 4.72 Å². The summed E-state index contributed by atoms with van der Waals surface area (Å²) in [7, 11) is -1.59. The third kappa shape index (κ3) is 4.85. The van der Waals surface area contributed by atoms with E-state index in [4.69, 9.17) is 5.11 Å². The van der Waals surface area contributed by atoms with Gasteiger partial charge in [0.05, 0.1) is 11.5 Å². The van der Waals surface area contributed by atoms with Crippen LogP contribution >= 0.6 is 15.9 Å². The minimum Gasteiger partial charge on any atom is -0.392 e. The van der Waals surface area contributed by atoms with Crippen LogP contribution in [0, 0.1) is 0 Å². The third-order valence-corrected chi connectivity index (χ3v) is 5.23. The van der Waals surface area contributed by atoms with E-state index in [2.05, 4.69) is 20.7 Å². The number of nitrogens with zero attached hydrogens (tertiary/aromatic N) is 1. The summed E-state index contributed by atoms with van der Waals surface area (Å²) in [5.41, 5.74) is 0.663. The Hall–Kier alpha value is -0.470. The third-order valence-electron chi connectivity index (χ3n) is 2.79. The van der Waals surface area contributed by atoms with E-state index in [9.17, 15) is 8.42 Å². The van der Waals surface area contributed by atoms with Gasteiger partial charge in [0.25, 0.3) is 0 Å². The number of halogens is 1. The predicted octanol–water partition coefficient (Wildman–Crippen LogP) is 1.17. The van der Waals surface area contributed by atoms with Crippen LogP contribution in [0.3, 0.4) is 0 Å². The van der Waals surface area contributed by atoms with Crippen LogP contribution in [0.15, 0.2) is 27.6 Å². The van der Waals surface area contributed by atoms with Crippen molar-refractivity contribution < 1.29 is 13.5 Å². The van der Waals surface area contributed by atoms with E-state index in [1.807, 2.05) is 18.9 Å². The van der Waals surface area contributed by atoms with Crippen molar-refractivity contribution in [2.45, 2.75) is 18.4 Å². The Morgan fingerprint density at radius 2 is 2.11 bits per heavy atom. The Morgan fingerprint density at radius 3 is 2.63 bits per heavy atom. The summed E-state index contributed by atoms with van der Waals surface area (Å²) in [4.78, 5) is 2.20. The number of sulfonamides is 1. The van der Waals surface area contributed by atoms with Gasteiger partial charge in [-0.1, -0.05) is 13.0 Å². The maximum Gasteiger partial charge on any atom is 0.241 e. The van der Waals surface area contributed by atoms with E-state index < -0.39 is 10.0 Å². The van der Waals surface area contributed by atoms with Crippen LogP contribution in [0.4, 0.5) is 0 Å². The maximum atomic E-state index is 12.1. The molecule has 0 unspecified atom stereocenters. The molecule has 0 atom stereocenters. The van der Waals surface area contributed by atoms with Crippen LogP contribution in [0.2, 0.25) is 0 Å². The summed E-state index contributed by atoms with van der Waals surface area (Å²) >= 11 is 3.22. The molecule has 7 heteroatoms. The van der Waals surface area contributed by atoms with Gasteiger partial charge >= 0.3 is 0 Å². The molecule has 1 aromatic carbocycles. The van der Waals surface area contributed by atoms with Crippen LogP contribution in [-0.4, -0.2) is 45.1 Å². The van der Waals surface area contributed by atoms with E-state index >= 15 is 0 Å². The second kappa shape index (κ2) is 7.35. The summed E-state index contributed by atoms with van der Waals surface area (Å²) < 4.78 is 27.2. The fraction of sp³-hybridized carbons (Fsp3) is 0.500. The summed E-state index contributed by atoms with van der Waals surface area (Å²) in [5, 5.41) is 8.99. The fourth-order valence-electron chi connectivity index (χ4n) is 1.47. The van der Waals surface area contributed by atoms with E-state index in [1.54, 1.807) is 12.1 Å². The minimum absolute atomic E-state index is 0.117. The molecule has 5 nitrogen and oxygen atoms in total. The molecular formula is C12H19BrN2O3S. The highest BCUT2D eigenvalue weighted by Gasteiger charge is 2.17. The molecule has 0 aliphatic heterocycles. The first kappa shape index (κ1) is 16.6. The summed E-state index contributed by atoms with van der Waals surface area (Å²) in [6.45, 7) is 3.78. The van der Waals surface area contributed by atoms with Crippen LogP contribution in [-0.2, 0) is 16.6 Å². The zero-order chi connectivity index (χ0) is 14.5. The van der Waals surface area contributed by atoms with Crippen molar-refractivity contribution in [2.24, 2.45) is 0 Å². The molecule has 0 saturated carbocycles. The van der Waals surface area contributed by atoms with Gasteiger partial charge in [-0.25, -0.2) is 13.1 Å². The van der Waals surface area contributed by atoms with Crippen molar-refractivity contribution in [3.63, 3.8) is 0 Å². The van der Waals surface area contributed by atoms with Gasteiger partial charge in [0.1, 0.15) is 0 Å². The minimum atomic E-state index is -3.52. The summed E-state index contributed by atoms with van der Waals surface area (Å²) in [6.07, 6.45) is 0. The molecule has 0 aliphatic carbocycles. The van der Waals surface area contributed by atoms with Crippen molar-refractivity contribution in [3.05, 3.63) is 28.2 Å². The van der Waals surface area contributed by atoms with E-state index in [0.29, 0.717) is 23.1 Å². The van der Waals surface area contributed by atoms with Gasteiger partial charge in [-0.15, -0.1) is 0 Å². The molecular weight excluding hydrogens is 332 g/mol. The van der Waals surface area contributed by atoms with E-state index in [-0.39, 0.29) is 11.5 Å². The number of aliphatic hydroxyl groups is 1. The van der Waals surface area contributed by atoms with E-state index in [0.717, 1.165) is 6.54 Å². The lowest BCUT2D eigenvalue weighted by Crippen LogP contribution is -2.33. The van der Waals surface area contributed by atoms with Crippen molar-refractivity contribution in [1.29, 1.82) is 0 Å². The molecule has 0 bridgehead atoms. The first-order chi connectivity index (χ1) is 8.90. The number of rotatable bonds is 7. The molecule has 108 valence electrons. The van der Waals surface area contributed by atoms with Crippen LogP contribution in [0.5, 0.6) is 0 Å². The van der Waals surface area contributed by atoms with Gasteiger partial charge in [0.2, 0.25) is 10.0 Å². The zero-order valence-electron chi connectivity index (χ0n) is 11.1. The maximum absolute atomic E-state index is 12.1. The monoisotopic (exact) mass is 350 g/mol. The normalized spacial score (nSPS) is 12.1. The molecule has 2 N–H and O–H groups in total. The molecule has 0 aliphatic rings. The number of aliphatic hydroxyl groups excluding tert-OH is 1. The molecule has 0 saturated heterocycles. The topological polar surface area (TPSA) is 69.6 Å². The van der Waals surface area contributed by atoms with Crippen molar-refractivity contribution in [1.82, 2.24) is 9.62 Å². The van der Waals surface area contributed by atoms with Gasteiger partial charge < -0.3 is 10.0 Å². The highest BCUT2D eigenvalue weighted by molar-refractivity contribution is 9.10. The lowest BCUT2D eigenvalue weighted by atomic mass is 10.2. The van der Waals surface area contributed by atoms with Crippen LogP contribution in [0.1, 0.15) is 12.5 Å². The smallest absolute Gasteiger partial charge is 0.241 e. The highest BCUT2D eigenvalue weighted by atomic mass is 79.9. The van der Waals surface area contributed by atoms with Crippen molar-refractivity contribution >= 4 is 26.0 Å². The van der Waals surface area contributed by atoms with Gasteiger partial charge in [0.15, 0.2) is 0 Å². The number of benzene rings is 1. The zero-order valence-corrected chi connectivity index (χ0v) is 13.5. The number of likely N-dealkylation sites (N-methyl/N-ethyl adjacent to an activating group) is 1. The Morgan fingerprint density at radius 1 is 1.42 bits per heavy atom. The van der Waals surface area contributed by atoms with Gasteiger partial charge in [-0.2, -0.15) is 0 Å². The second-order valence-electron chi connectivity index (χ2n) is 4.22. The van der Waals surface area contributed by atoms with Gasteiger partial charge in [-0.05, 0) is 47.2 Å². The predicted molar refractivity (Wildman–Crippen MR) is 78.4 cm³/mol. The molecule has 0 spiro atoms. The molecule has 1 rings (SSSR count). The Kier molecular flexibility index (Phi) is 6.41. The Labute approximate surface area is 122 Å². The highest BCUT2D eigenvalue weighted by Crippen LogP contribution is 2.23. The van der Waals surface area contributed by atoms with Crippen molar-refractivity contribution in [3.8, 4) is 0 Å². The number of hydrogen-bond donors (Lipinski definition) is 2. The largest absolute Gasteiger partial charge is 0.392 e.